The molecule has 3 N–H and O–H groups in total. The molecule has 0 aromatic heterocycles. The molecule has 0 atom stereocenters. The van der Waals surface area contributed by atoms with E-state index in [4.69, 9.17) is 5.73 Å². The van der Waals surface area contributed by atoms with Crippen LogP contribution >= 0.6 is 24.2 Å². The molecule has 0 radical (unpaired) electrons. The van der Waals surface area contributed by atoms with Crippen LogP contribution in [0.3, 0.4) is 0 Å². The van der Waals surface area contributed by atoms with Gasteiger partial charge in [-0.25, -0.2) is 0 Å². The normalized spacial score (nSPS) is 9.44. The molecular weight excluding hydrogens is 278 g/mol. The maximum absolute atomic E-state index is 11.7. The molecule has 1 rings (SSSR count). The number of nitrogens with one attached hydrogen (secondary N) is 1. The predicted octanol–water partition coefficient (Wildman–Crippen LogP) is 1.43. The van der Waals surface area contributed by atoms with E-state index in [2.05, 4.69) is 5.32 Å². The van der Waals surface area contributed by atoms with Crippen molar-refractivity contribution in [1.82, 2.24) is 5.32 Å². The van der Waals surface area contributed by atoms with E-state index in [9.17, 15) is 14.9 Å². The molecule has 0 aliphatic heterocycles. The second-order valence-electron chi connectivity index (χ2n) is 3.18. The maximum Gasteiger partial charge on any atom is 0.282 e. The van der Waals surface area contributed by atoms with E-state index in [1.807, 2.05) is 6.26 Å². The third-order valence-corrected chi connectivity index (χ3v) is 2.80. The van der Waals surface area contributed by atoms with Gasteiger partial charge in [-0.05, 0) is 18.4 Å². The van der Waals surface area contributed by atoms with Crippen LogP contribution in [0.2, 0.25) is 0 Å². The van der Waals surface area contributed by atoms with Gasteiger partial charge in [0.2, 0.25) is 0 Å². The number of benzene rings is 1. The number of nitrogens with two attached hydrogens (primary N) is 1. The van der Waals surface area contributed by atoms with Gasteiger partial charge in [0, 0.05) is 24.1 Å². The lowest BCUT2D eigenvalue weighted by Crippen LogP contribution is -2.29. The molecule has 0 saturated carbocycles. The van der Waals surface area contributed by atoms with Gasteiger partial charge in [-0.3, -0.25) is 14.9 Å². The van der Waals surface area contributed by atoms with Crippen LogP contribution in [0, 0.1) is 10.1 Å². The second kappa shape index (κ2) is 7.91. The summed E-state index contributed by atoms with van der Waals surface area (Å²) >= 11 is 1.42. The van der Waals surface area contributed by atoms with Crippen LogP contribution in [0.4, 0.5) is 5.69 Å². The smallest absolute Gasteiger partial charge is 0.282 e. The molecule has 0 aliphatic rings. The molecule has 1 aromatic carbocycles. The van der Waals surface area contributed by atoms with Crippen molar-refractivity contribution in [2.24, 2.45) is 5.73 Å². The summed E-state index contributed by atoms with van der Waals surface area (Å²) in [5, 5.41) is 13.3. The largest absolute Gasteiger partial charge is 0.351 e. The molecule has 1 aromatic rings. The van der Waals surface area contributed by atoms with E-state index in [1.165, 1.54) is 23.9 Å². The predicted molar refractivity (Wildman–Crippen MR) is 73.5 cm³/mol. The van der Waals surface area contributed by atoms with Crippen molar-refractivity contribution >= 4 is 35.8 Å². The van der Waals surface area contributed by atoms with E-state index in [-0.39, 0.29) is 23.7 Å². The molecule has 100 valence electrons. The molecule has 1 amide bonds. The summed E-state index contributed by atoms with van der Waals surface area (Å²) in [6.45, 7) is 0.585. The van der Waals surface area contributed by atoms with Gasteiger partial charge in [0.25, 0.3) is 11.6 Å². The number of nitro groups is 1. The standard InChI is InChI=1S/C10H13N3O3S.ClH/c1-17-7-2-3-9(13(15)16)8(6-7)10(14)12-5-4-11;/h2-3,6H,4-5,11H2,1H3,(H,12,14);1H. The summed E-state index contributed by atoms with van der Waals surface area (Å²) in [5.41, 5.74) is 5.12. The summed E-state index contributed by atoms with van der Waals surface area (Å²) in [6.07, 6.45) is 1.84. The summed E-state index contributed by atoms with van der Waals surface area (Å²) in [7, 11) is 0. The third-order valence-electron chi connectivity index (χ3n) is 2.07. The van der Waals surface area contributed by atoms with E-state index in [0.29, 0.717) is 13.1 Å². The molecule has 0 fully saturated rings. The van der Waals surface area contributed by atoms with Gasteiger partial charge >= 0.3 is 0 Å². The highest BCUT2D eigenvalue weighted by molar-refractivity contribution is 7.98. The second-order valence-corrected chi connectivity index (χ2v) is 4.06. The highest BCUT2D eigenvalue weighted by Gasteiger charge is 2.19. The van der Waals surface area contributed by atoms with Crippen LogP contribution in [0.25, 0.3) is 0 Å². The van der Waals surface area contributed by atoms with Crippen LogP contribution in [0.5, 0.6) is 0 Å². The van der Waals surface area contributed by atoms with Crippen molar-refractivity contribution in [2.75, 3.05) is 19.3 Å². The van der Waals surface area contributed by atoms with Gasteiger partial charge in [-0.15, -0.1) is 24.2 Å². The van der Waals surface area contributed by atoms with Crippen LogP contribution < -0.4 is 11.1 Å². The quantitative estimate of drug-likeness (QED) is 0.486. The highest BCUT2D eigenvalue weighted by Crippen LogP contribution is 2.24. The Morgan fingerprint density at radius 3 is 2.72 bits per heavy atom. The van der Waals surface area contributed by atoms with E-state index in [1.54, 1.807) is 6.07 Å². The zero-order valence-electron chi connectivity index (χ0n) is 9.71. The molecular formula is C10H14ClN3O3S. The molecule has 0 bridgehead atoms. The first kappa shape index (κ1) is 16.7. The van der Waals surface area contributed by atoms with Gasteiger partial charge < -0.3 is 11.1 Å². The van der Waals surface area contributed by atoms with Gasteiger partial charge in [-0.1, -0.05) is 0 Å². The molecule has 8 heteroatoms. The summed E-state index contributed by atoms with van der Waals surface area (Å²) in [5.74, 6) is -0.474. The highest BCUT2D eigenvalue weighted by atomic mass is 35.5. The van der Waals surface area contributed by atoms with Crippen molar-refractivity contribution in [2.45, 2.75) is 4.90 Å². The molecule has 0 saturated heterocycles. The van der Waals surface area contributed by atoms with E-state index in [0.717, 1.165) is 4.90 Å². The first-order valence-electron chi connectivity index (χ1n) is 4.91. The van der Waals surface area contributed by atoms with Crippen molar-refractivity contribution in [1.29, 1.82) is 0 Å². The molecule has 18 heavy (non-hydrogen) atoms. The number of thioether (sulfide) groups is 1. The molecule has 0 heterocycles. The van der Waals surface area contributed by atoms with Crippen molar-refractivity contribution in [3.63, 3.8) is 0 Å². The number of amides is 1. The SMILES string of the molecule is CSc1ccc([N+](=O)[O-])c(C(=O)NCCN)c1.Cl. The van der Waals surface area contributed by atoms with Crippen molar-refractivity contribution < 1.29 is 9.72 Å². The summed E-state index contributed by atoms with van der Waals surface area (Å²) in [6, 6.07) is 4.46. The lowest BCUT2D eigenvalue weighted by molar-refractivity contribution is -0.385. The Labute approximate surface area is 115 Å². The fourth-order valence-corrected chi connectivity index (χ4v) is 1.70. The molecule has 0 unspecified atom stereocenters. The zero-order valence-corrected chi connectivity index (χ0v) is 11.3. The fraction of sp³-hybridized carbons (Fsp3) is 0.300. The minimum Gasteiger partial charge on any atom is -0.351 e. The fourth-order valence-electron chi connectivity index (χ4n) is 1.26. The van der Waals surface area contributed by atoms with E-state index < -0.39 is 10.8 Å². The van der Waals surface area contributed by atoms with Crippen LogP contribution in [-0.4, -0.2) is 30.2 Å². The van der Waals surface area contributed by atoms with Crippen LogP contribution in [0.15, 0.2) is 23.1 Å². The Morgan fingerprint density at radius 2 is 2.22 bits per heavy atom. The lowest BCUT2D eigenvalue weighted by Gasteiger charge is -2.05. The molecule has 0 spiro atoms. The number of hydrogen-bond acceptors (Lipinski definition) is 5. The number of carbonyl (C=O) groups is 1. The number of nitro benzene ring substituents is 1. The monoisotopic (exact) mass is 291 g/mol. The number of nitrogens with zero attached hydrogens (tertiary/aromatic N) is 1. The number of rotatable bonds is 5. The van der Waals surface area contributed by atoms with Gasteiger partial charge in [0.15, 0.2) is 0 Å². The number of carbonyl (C=O) groups excluding carboxylic acids is 1. The lowest BCUT2D eigenvalue weighted by atomic mass is 10.1. The Hall–Kier alpha value is -1.31. The molecule has 6 nitrogen and oxygen atoms in total. The van der Waals surface area contributed by atoms with Crippen molar-refractivity contribution in [3.8, 4) is 0 Å². The first-order valence-corrected chi connectivity index (χ1v) is 6.13. The average Bonchev–Trinajstić information content (AvgIpc) is 2.34. The first-order chi connectivity index (χ1) is 8.10. The van der Waals surface area contributed by atoms with Gasteiger partial charge in [-0.2, -0.15) is 0 Å². The Balaban J connectivity index is 0.00000289. The topological polar surface area (TPSA) is 98.3 Å². The minimum absolute atomic E-state index is 0. The molecule has 0 aliphatic carbocycles. The van der Waals surface area contributed by atoms with E-state index >= 15 is 0 Å². The van der Waals surface area contributed by atoms with Gasteiger partial charge in [0.1, 0.15) is 5.56 Å². The Kier molecular flexibility index (Phi) is 7.33. The van der Waals surface area contributed by atoms with Crippen LogP contribution in [0.1, 0.15) is 10.4 Å². The average molecular weight is 292 g/mol. The van der Waals surface area contributed by atoms with Crippen LogP contribution in [-0.2, 0) is 0 Å². The Morgan fingerprint density at radius 1 is 1.56 bits per heavy atom. The maximum atomic E-state index is 11.7. The minimum atomic E-state index is -0.568. The number of halogens is 1. The van der Waals surface area contributed by atoms with Gasteiger partial charge in [0.05, 0.1) is 4.92 Å². The number of hydrogen-bond donors (Lipinski definition) is 2. The summed E-state index contributed by atoms with van der Waals surface area (Å²) in [4.78, 5) is 22.7. The summed E-state index contributed by atoms with van der Waals surface area (Å²) < 4.78 is 0. The van der Waals surface area contributed by atoms with Crippen molar-refractivity contribution in [3.05, 3.63) is 33.9 Å². The zero-order chi connectivity index (χ0) is 12.8. The third kappa shape index (κ3) is 4.17. The Bertz CT molecular complexity index is 442.